The molecule has 1 saturated carbocycles. The van der Waals surface area contributed by atoms with E-state index >= 15 is 0 Å². The van der Waals surface area contributed by atoms with E-state index in [1.807, 2.05) is 6.20 Å². The molecule has 2 aromatic heterocycles. The van der Waals surface area contributed by atoms with Crippen molar-refractivity contribution in [2.24, 2.45) is 0 Å². The highest BCUT2D eigenvalue weighted by molar-refractivity contribution is 5.82. The van der Waals surface area contributed by atoms with Crippen molar-refractivity contribution in [3.8, 4) is 11.5 Å². The molecule has 0 N–H and O–H groups in total. The lowest BCUT2D eigenvalue weighted by Gasteiger charge is -2.37. The normalized spacial score (nSPS) is 22.3. The van der Waals surface area contributed by atoms with Gasteiger partial charge in [0.05, 0.1) is 16.7 Å². The van der Waals surface area contributed by atoms with Gasteiger partial charge in [-0.3, -0.25) is 4.98 Å². The molecule has 2 fully saturated rings. The number of ether oxygens (including phenoxy) is 1. The van der Waals surface area contributed by atoms with Gasteiger partial charge < -0.3 is 9.26 Å². The van der Waals surface area contributed by atoms with Crippen molar-refractivity contribution in [2.75, 3.05) is 6.61 Å². The van der Waals surface area contributed by atoms with Crippen LogP contribution >= 0.6 is 0 Å². The van der Waals surface area contributed by atoms with E-state index in [1.165, 1.54) is 31.2 Å². The molecule has 1 aliphatic heterocycles. The van der Waals surface area contributed by atoms with Crippen molar-refractivity contribution in [1.82, 2.24) is 15.1 Å². The van der Waals surface area contributed by atoms with Crippen LogP contribution in [-0.2, 0) is 4.74 Å². The number of hydrogen-bond donors (Lipinski definition) is 0. The van der Waals surface area contributed by atoms with Gasteiger partial charge in [0.25, 0.3) is 5.89 Å². The minimum atomic E-state index is 0.0616. The fourth-order valence-corrected chi connectivity index (χ4v) is 4.48. The highest BCUT2D eigenvalue weighted by atomic mass is 16.5. The molecule has 2 aliphatic rings. The molecule has 26 heavy (non-hydrogen) atoms. The van der Waals surface area contributed by atoms with Gasteiger partial charge in [0.2, 0.25) is 0 Å². The molecule has 1 saturated heterocycles. The van der Waals surface area contributed by atoms with Gasteiger partial charge in [-0.05, 0) is 50.3 Å². The first-order valence-electron chi connectivity index (χ1n) is 9.55. The summed E-state index contributed by atoms with van der Waals surface area (Å²) in [7, 11) is 0. The van der Waals surface area contributed by atoms with Crippen molar-refractivity contribution >= 4 is 10.9 Å². The average Bonchev–Trinajstić information content (AvgIpc) is 3.31. The van der Waals surface area contributed by atoms with Crippen molar-refractivity contribution in [3.05, 3.63) is 41.9 Å². The molecular formula is C21H23N3O2. The molecule has 1 unspecified atom stereocenters. The Balaban J connectivity index is 1.42. The molecule has 1 aromatic carbocycles. The van der Waals surface area contributed by atoms with Crippen LogP contribution in [0.2, 0.25) is 0 Å². The second-order valence-corrected chi connectivity index (χ2v) is 7.81. The van der Waals surface area contributed by atoms with E-state index in [9.17, 15) is 0 Å². The van der Waals surface area contributed by atoms with Gasteiger partial charge in [-0.1, -0.05) is 30.1 Å². The molecule has 1 atom stereocenters. The molecule has 5 nitrogen and oxygen atoms in total. The van der Waals surface area contributed by atoms with Crippen LogP contribution in [0.25, 0.3) is 22.4 Å². The lowest BCUT2D eigenvalue weighted by atomic mass is 9.84. The zero-order valence-electron chi connectivity index (χ0n) is 15.1. The van der Waals surface area contributed by atoms with Gasteiger partial charge in [-0.15, -0.1) is 0 Å². The third-order valence-corrected chi connectivity index (χ3v) is 5.90. The van der Waals surface area contributed by atoms with Crippen molar-refractivity contribution in [3.63, 3.8) is 0 Å². The topological polar surface area (TPSA) is 61.0 Å². The van der Waals surface area contributed by atoms with Crippen LogP contribution in [0.5, 0.6) is 0 Å². The quantitative estimate of drug-likeness (QED) is 0.665. The van der Waals surface area contributed by atoms with Crippen LogP contribution in [0.3, 0.4) is 0 Å². The summed E-state index contributed by atoms with van der Waals surface area (Å²) in [6.07, 6.45) is 8.68. The molecule has 3 heterocycles. The van der Waals surface area contributed by atoms with Gasteiger partial charge in [0.1, 0.15) is 0 Å². The average molecular weight is 349 g/mol. The Morgan fingerprint density at radius 2 is 2.04 bits per heavy atom. The predicted octanol–water partition coefficient (Wildman–Crippen LogP) is 4.80. The zero-order chi connectivity index (χ0) is 17.6. The standard InChI is InChI=1S/C21H23N3O2/c1-14-4-5-15-11-17(13-22-18(15)10-14)20-23-19(24-26-20)16-6-9-25-21(12-16)7-2-3-8-21/h4-5,10-11,13,16H,2-3,6-9,12H2,1H3. The summed E-state index contributed by atoms with van der Waals surface area (Å²) < 4.78 is 11.7. The molecule has 3 aromatic rings. The summed E-state index contributed by atoms with van der Waals surface area (Å²) in [4.78, 5) is 9.26. The summed E-state index contributed by atoms with van der Waals surface area (Å²) in [5.74, 6) is 1.70. The highest BCUT2D eigenvalue weighted by Gasteiger charge is 2.41. The molecule has 134 valence electrons. The first-order valence-corrected chi connectivity index (χ1v) is 9.55. The number of aryl methyl sites for hydroxylation is 1. The molecule has 0 bridgehead atoms. The lowest BCUT2D eigenvalue weighted by molar-refractivity contribution is -0.0815. The molecule has 0 amide bonds. The predicted molar refractivity (Wildman–Crippen MR) is 98.9 cm³/mol. The van der Waals surface area contributed by atoms with Gasteiger partial charge >= 0.3 is 0 Å². The molecule has 1 aliphatic carbocycles. The summed E-state index contributed by atoms with van der Waals surface area (Å²) in [5.41, 5.74) is 3.13. The lowest BCUT2D eigenvalue weighted by Crippen LogP contribution is -2.36. The number of rotatable bonds is 2. The first kappa shape index (κ1) is 15.9. The number of fused-ring (bicyclic) bond motifs is 1. The number of benzene rings is 1. The Labute approximate surface area is 152 Å². The van der Waals surface area contributed by atoms with E-state index in [-0.39, 0.29) is 5.60 Å². The number of pyridine rings is 1. The number of aromatic nitrogens is 3. The van der Waals surface area contributed by atoms with Crippen molar-refractivity contribution in [2.45, 2.75) is 57.0 Å². The Kier molecular flexibility index (Phi) is 3.78. The van der Waals surface area contributed by atoms with Crippen LogP contribution < -0.4 is 0 Å². The molecule has 0 radical (unpaired) electrons. The largest absolute Gasteiger partial charge is 0.375 e. The maximum absolute atomic E-state index is 6.13. The minimum Gasteiger partial charge on any atom is -0.375 e. The maximum atomic E-state index is 6.13. The number of nitrogens with zero attached hydrogens (tertiary/aromatic N) is 3. The third-order valence-electron chi connectivity index (χ3n) is 5.90. The van der Waals surface area contributed by atoms with E-state index in [2.05, 4.69) is 41.3 Å². The fourth-order valence-electron chi connectivity index (χ4n) is 4.48. The minimum absolute atomic E-state index is 0.0616. The zero-order valence-corrected chi connectivity index (χ0v) is 15.1. The fraction of sp³-hybridized carbons (Fsp3) is 0.476. The number of hydrogen-bond acceptors (Lipinski definition) is 5. The van der Waals surface area contributed by atoms with Crippen LogP contribution in [0.4, 0.5) is 0 Å². The second-order valence-electron chi connectivity index (χ2n) is 7.81. The second kappa shape index (κ2) is 6.16. The maximum Gasteiger partial charge on any atom is 0.259 e. The highest BCUT2D eigenvalue weighted by Crippen LogP contribution is 2.44. The summed E-state index contributed by atoms with van der Waals surface area (Å²) in [5, 5.41) is 5.38. The van der Waals surface area contributed by atoms with Gasteiger partial charge in [0.15, 0.2) is 5.82 Å². The van der Waals surface area contributed by atoms with Gasteiger partial charge in [-0.2, -0.15) is 4.98 Å². The van der Waals surface area contributed by atoms with Gasteiger partial charge in [-0.25, -0.2) is 0 Å². The molecule has 5 heteroatoms. The van der Waals surface area contributed by atoms with Gasteiger partial charge in [0, 0.05) is 24.1 Å². The van der Waals surface area contributed by atoms with Crippen molar-refractivity contribution < 1.29 is 9.26 Å². The van der Waals surface area contributed by atoms with E-state index in [4.69, 9.17) is 14.2 Å². The molecule has 1 spiro atoms. The Bertz CT molecular complexity index is 943. The summed E-state index contributed by atoms with van der Waals surface area (Å²) in [6, 6.07) is 8.33. The molecular weight excluding hydrogens is 326 g/mol. The van der Waals surface area contributed by atoms with E-state index in [0.29, 0.717) is 11.8 Å². The van der Waals surface area contributed by atoms with Crippen LogP contribution in [0.15, 0.2) is 35.0 Å². The van der Waals surface area contributed by atoms with Crippen LogP contribution in [-0.4, -0.2) is 27.3 Å². The Hall–Kier alpha value is -2.27. The smallest absolute Gasteiger partial charge is 0.259 e. The van der Waals surface area contributed by atoms with Crippen LogP contribution in [0, 0.1) is 6.92 Å². The molecule has 5 rings (SSSR count). The Morgan fingerprint density at radius 1 is 1.15 bits per heavy atom. The summed E-state index contributed by atoms with van der Waals surface area (Å²) in [6.45, 7) is 2.87. The Morgan fingerprint density at radius 3 is 2.92 bits per heavy atom. The van der Waals surface area contributed by atoms with Crippen molar-refractivity contribution in [1.29, 1.82) is 0 Å². The third kappa shape index (κ3) is 2.80. The van der Waals surface area contributed by atoms with E-state index < -0.39 is 0 Å². The SMILES string of the molecule is Cc1ccc2cc(-c3nc(C4CCOC5(CCCC5)C4)no3)cnc2c1. The first-order chi connectivity index (χ1) is 12.7. The van der Waals surface area contributed by atoms with E-state index in [0.717, 1.165) is 41.7 Å². The van der Waals surface area contributed by atoms with Crippen LogP contribution in [0.1, 0.15) is 55.8 Å². The monoisotopic (exact) mass is 349 g/mol. The van der Waals surface area contributed by atoms with E-state index in [1.54, 1.807) is 0 Å². The summed E-state index contributed by atoms with van der Waals surface area (Å²) >= 11 is 0.